The van der Waals surface area contributed by atoms with Crippen molar-refractivity contribution in [3.63, 3.8) is 0 Å². The number of nitrogens with one attached hydrogen (secondary N) is 2. The van der Waals surface area contributed by atoms with Crippen LogP contribution in [-0.4, -0.2) is 46.2 Å². The lowest BCUT2D eigenvalue weighted by Crippen LogP contribution is -2.55. The number of alkyl carbamates (subject to hydrolysis) is 1. The second-order valence-corrected chi connectivity index (χ2v) is 10.8. The molecule has 2 aromatic carbocycles. The smallest absolute Gasteiger partial charge is 0.408 e. The third kappa shape index (κ3) is 8.25. The molecule has 0 bridgehead atoms. The zero-order chi connectivity index (χ0) is 27.9. The van der Waals surface area contributed by atoms with Crippen LogP contribution in [0.1, 0.15) is 69.3 Å². The van der Waals surface area contributed by atoms with Gasteiger partial charge in [-0.1, -0.05) is 55.0 Å². The van der Waals surface area contributed by atoms with Gasteiger partial charge < -0.3 is 20.3 Å². The second-order valence-electron chi connectivity index (χ2n) is 10.5. The molecule has 0 saturated heterocycles. The highest BCUT2D eigenvalue weighted by Crippen LogP contribution is 2.29. The van der Waals surface area contributed by atoms with E-state index in [-0.39, 0.29) is 17.7 Å². The number of anilines is 1. The molecule has 2 aromatic rings. The first-order valence-corrected chi connectivity index (χ1v) is 13.3. The molecule has 202 valence electrons. The van der Waals surface area contributed by atoms with Crippen LogP contribution in [0.25, 0.3) is 0 Å². The normalized spacial score (nSPS) is 13.8. The van der Waals surface area contributed by atoms with Crippen LogP contribution in [0.3, 0.4) is 0 Å². The van der Waals surface area contributed by atoms with Crippen LogP contribution in [0.2, 0.25) is 0 Å². The molecule has 0 aliphatic heterocycles. The van der Waals surface area contributed by atoms with Crippen molar-refractivity contribution in [1.82, 2.24) is 10.2 Å². The minimum Gasteiger partial charge on any atom is -0.444 e. The first kappa shape index (κ1) is 30.2. The number of aryl methyl sites for hydroxylation is 3. The van der Waals surface area contributed by atoms with Crippen molar-refractivity contribution in [1.29, 1.82) is 0 Å². The summed E-state index contributed by atoms with van der Waals surface area (Å²) in [4.78, 5) is 42.0. The molecule has 0 spiro atoms. The molecule has 2 N–H and O–H groups in total. The van der Waals surface area contributed by atoms with Gasteiger partial charge in [0.15, 0.2) is 0 Å². The van der Waals surface area contributed by atoms with Gasteiger partial charge in [0, 0.05) is 17.5 Å². The van der Waals surface area contributed by atoms with Crippen molar-refractivity contribution >= 4 is 36.2 Å². The molecule has 0 aliphatic carbocycles. The van der Waals surface area contributed by atoms with Crippen LogP contribution in [0.5, 0.6) is 0 Å². The third-order valence-electron chi connectivity index (χ3n) is 6.14. The lowest BCUT2D eigenvalue weighted by molar-refractivity contribution is -0.142. The van der Waals surface area contributed by atoms with Crippen LogP contribution in [-0.2, 0) is 14.3 Å². The Bertz CT molecular complexity index is 1080. The van der Waals surface area contributed by atoms with Gasteiger partial charge in [-0.15, -0.1) is 0 Å². The van der Waals surface area contributed by atoms with Gasteiger partial charge in [0.05, 0.1) is 0 Å². The fourth-order valence-electron chi connectivity index (χ4n) is 4.00. The fraction of sp³-hybridized carbons (Fsp3) is 0.483. The zero-order valence-corrected chi connectivity index (χ0v) is 24.1. The molecule has 0 saturated carbocycles. The predicted octanol–water partition coefficient (Wildman–Crippen LogP) is 5.74. The summed E-state index contributed by atoms with van der Waals surface area (Å²) in [6, 6.07) is 11.2. The fourth-order valence-corrected chi connectivity index (χ4v) is 4.25. The first-order valence-electron chi connectivity index (χ1n) is 12.6. The van der Waals surface area contributed by atoms with E-state index in [4.69, 9.17) is 4.74 Å². The van der Waals surface area contributed by atoms with E-state index in [1.165, 1.54) is 0 Å². The number of rotatable bonds is 9. The number of carbonyl (C=O) groups is 3. The summed E-state index contributed by atoms with van der Waals surface area (Å²) in [5, 5.41) is 5.72. The monoisotopic (exact) mass is 527 g/mol. The summed E-state index contributed by atoms with van der Waals surface area (Å²) in [5.74, 6) is -0.688. The third-order valence-corrected chi connectivity index (χ3v) is 6.51. The summed E-state index contributed by atoms with van der Waals surface area (Å²) in [6.07, 6.45) is -0.105. The lowest BCUT2D eigenvalue weighted by atomic mass is 9.98. The lowest BCUT2D eigenvalue weighted by Gasteiger charge is -2.38. The Balaban J connectivity index is 2.54. The maximum atomic E-state index is 14.0. The number of thiol groups is 1. The highest BCUT2D eigenvalue weighted by molar-refractivity contribution is 7.80. The average molecular weight is 528 g/mol. The van der Waals surface area contributed by atoms with Crippen molar-refractivity contribution in [2.45, 2.75) is 85.5 Å². The highest BCUT2D eigenvalue weighted by atomic mass is 32.1. The summed E-state index contributed by atoms with van der Waals surface area (Å²) < 4.78 is 5.36. The average Bonchev–Trinajstić information content (AvgIpc) is 2.82. The molecule has 8 heteroatoms. The number of hydrogen-bond donors (Lipinski definition) is 3. The van der Waals surface area contributed by atoms with E-state index in [2.05, 4.69) is 23.3 Å². The Labute approximate surface area is 226 Å². The minimum absolute atomic E-state index is 0.0458. The van der Waals surface area contributed by atoms with E-state index in [0.717, 1.165) is 22.4 Å². The maximum absolute atomic E-state index is 14.0. The summed E-state index contributed by atoms with van der Waals surface area (Å²) in [5.41, 5.74) is 3.57. The Morgan fingerprint density at radius 1 is 1.00 bits per heavy atom. The van der Waals surface area contributed by atoms with Crippen molar-refractivity contribution < 1.29 is 19.1 Å². The van der Waals surface area contributed by atoms with E-state index >= 15 is 0 Å². The molecular weight excluding hydrogens is 486 g/mol. The number of ether oxygens (including phenoxy) is 1. The summed E-state index contributed by atoms with van der Waals surface area (Å²) >= 11 is 4.34. The molecule has 0 heterocycles. The van der Waals surface area contributed by atoms with Gasteiger partial charge in [0.2, 0.25) is 5.91 Å². The van der Waals surface area contributed by atoms with Gasteiger partial charge in [-0.2, -0.15) is 12.6 Å². The Hall–Kier alpha value is -3.00. The van der Waals surface area contributed by atoms with Gasteiger partial charge in [-0.25, -0.2) is 4.79 Å². The molecule has 3 atom stereocenters. The predicted molar refractivity (Wildman–Crippen MR) is 152 cm³/mol. The molecular formula is C29H41N3O4S. The SMILES string of the molecule is CCC(C)N(C(=O)C(CS)NC(=O)OC(C)(C)C)C(C(=O)Nc1c(C)cccc1C)c1ccc(C)cc1. The van der Waals surface area contributed by atoms with Gasteiger partial charge in [0.1, 0.15) is 17.7 Å². The standard InChI is InChI=1S/C29H41N3O4S/c1-9-21(5)32(27(34)23(17-37)30-28(35)36-29(6,7)8)25(22-15-13-18(2)14-16-22)26(33)31-24-19(3)11-10-12-20(24)4/h10-16,21,23,25,37H,9,17H2,1-8H3,(H,30,35)(H,31,33). The number of amides is 3. The van der Waals surface area contributed by atoms with E-state index in [1.807, 2.05) is 77.1 Å². The number of para-hydroxylation sites is 1. The maximum Gasteiger partial charge on any atom is 0.408 e. The van der Waals surface area contributed by atoms with Crippen LogP contribution in [0.4, 0.5) is 10.5 Å². The van der Waals surface area contributed by atoms with Crippen molar-refractivity contribution in [3.05, 3.63) is 64.7 Å². The van der Waals surface area contributed by atoms with Gasteiger partial charge in [0.25, 0.3) is 5.91 Å². The van der Waals surface area contributed by atoms with Crippen molar-refractivity contribution in [2.75, 3.05) is 11.1 Å². The van der Waals surface area contributed by atoms with Gasteiger partial charge in [-0.05, 0) is 71.6 Å². The van der Waals surface area contributed by atoms with E-state index in [9.17, 15) is 14.4 Å². The van der Waals surface area contributed by atoms with Crippen LogP contribution in [0, 0.1) is 20.8 Å². The topological polar surface area (TPSA) is 87.7 Å². The van der Waals surface area contributed by atoms with Crippen LogP contribution >= 0.6 is 12.6 Å². The molecule has 7 nitrogen and oxygen atoms in total. The first-order chi connectivity index (χ1) is 17.3. The number of carbonyl (C=O) groups excluding carboxylic acids is 3. The van der Waals surface area contributed by atoms with Gasteiger partial charge >= 0.3 is 6.09 Å². The molecule has 2 rings (SSSR count). The summed E-state index contributed by atoms with van der Waals surface area (Å²) in [6.45, 7) is 14.9. The van der Waals surface area contributed by atoms with E-state index < -0.39 is 29.7 Å². The van der Waals surface area contributed by atoms with Crippen molar-refractivity contribution in [3.8, 4) is 0 Å². The number of benzene rings is 2. The summed E-state index contributed by atoms with van der Waals surface area (Å²) in [7, 11) is 0. The molecule has 0 radical (unpaired) electrons. The van der Waals surface area contributed by atoms with E-state index in [1.54, 1.807) is 25.7 Å². The number of nitrogens with zero attached hydrogens (tertiary/aromatic N) is 1. The largest absolute Gasteiger partial charge is 0.444 e. The van der Waals surface area contributed by atoms with Crippen molar-refractivity contribution in [2.24, 2.45) is 0 Å². The van der Waals surface area contributed by atoms with Gasteiger partial charge in [-0.3, -0.25) is 9.59 Å². The second kappa shape index (κ2) is 13.0. The van der Waals surface area contributed by atoms with Crippen LogP contribution < -0.4 is 10.6 Å². The molecule has 0 fully saturated rings. The van der Waals surface area contributed by atoms with Crippen LogP contribution in [0.15, 0.2) is 42.5 Å². The minimum atomic E-state index is -0.979. The highest BCUT2D eigenvalue weighted by Gasteiger charge is 2.38. The quantitative estimate of drug-likeness (QED) is 0.363. The Morgan fingerprint density at radius 2 is 1.57 bits per heavy atom. The molecule has 37 heavy (non-hydrogen) atoms. The zero-order valence-electron chi connectivity index (χ0n) is 23.2. The Kier molecular flexibility index (Phi) is 10.6. The van der Waals surface area contributed by atoms with E-state index in [0.29, 0.717) is 12.0 Å². The molecule has 3 amide bonds. The number of hydrogen-bond acceptors (Lipinski definition) is 5. The Morgan fingerprint density at radius 3 is 2.05 bits per heavy atom. The molecule has 3 unspecified atom stereocenters. The molecule has 0 aliphatic rings. The molecule has 0 aromatic heterocycles.